The SMILES string of the molecule is CC1(C)c2ccccc2-c2ccc(-c3cc(-c4ccccc4)cc(-c4ccc(-c5ccc6ccc7cccc8ccc5c6c78)cc4)c3)cc21. The van der Waals surface area contributed by atoms with E-state index in [9.17, 15) is 0 Å². The highest BCUT2D eigenvalue weighted by molar-refractivity contribution is 6.25. The Kier molecular flexibility index (Phi) is 6.02. The summed E-state index contributed by atoms with van der Waals surface area (Å²) in [5.41, 5.74) is 15.4. The first-order valence-corrected chi connectivity index (χ1v) is 17.3. The summed E-state index contributed by atoms with van der Waals surface area (Å²) in [4.78, 5) is 0. The molecule has 0 heterocycles. The van der Waals surface area contributed by atoms with Crippen molar-refractivity contribution < 1.29 is 0 Å². The van der Waals surface area contributed by atoms with E-state index < -0.39 is 0 Å². The molecule has 0 N–H and O–H groups in total. The second-order valence-corrected chi connectivity index (χ2v) is 14.1. The molecule has 9 aromatic rings. The van der Waals surface area contributed by atoms with Gasteiger partial charge in [-0.25, -0.2) is 0 Å². The highest BCUT2D eigenvalue weighted by Gasteiger charge is 2.35. The van der Waals surface area contributed by atoms with Crippen molar-refractivity contribution in [2.75, 3.05) is 0 Å². The average Bonchev–Trinajstić information content (AvgIpc) is 3.39. The molecular formula is C49H34. The third-order valence-corrected chi connectivity index (χ3v) is 11.0. The minimum Gasteiger partial charge on any atom is -0.0622 e. The van der Waals surface area contributed by atoms with Crippen molar-refractivity contribution in [1.82, 2.24) is 0 Å². The van der Waals surface area contributed by atoms with E-state index in [1.54, 1.807) is 0 Å². The summed E-state index contributed by atoms with van der Waals surface area (Å²) in [7, 11) is 0. The van der Waals surface area contributed by atoms with Crippen molar-refractivity contribution in [1.29, 1.82) is 0 Å². The molecule has 0 aromatic heterocycles. The van der Waals surface area contributed by atoms with Gasteiger partial charge in [0.15, 0.2) is 0 Å². The molecule has 10 rings (SSSR count). The standard InChI is InChI=1S/C49H34/c1-49(2)45-14-7-6-13-42(45)43-25-23-37(30-46(43)49)40-28-38(31-9-4-3-5-10-31)27-39(29-40)32-15-17-33(18-16-32)41-24-21-36-20-19-34-11-8-12-35-22-26-44(41)48(36)47(34)35/h3-30H,1-2H3. The molecule has 0 amide bonds. The molecule has 0 fully saturated rings. The van der Waals surface area contributed by atoms with Crippen molar-refractivity contribution >= 4 is 32.3 Å². The molecule has 0 unspecified atom stereocenters. The van der Waals surface area contributed by atoms with Gasteiger partial charge in [-0.3, -0.25) is 0 Å². The van der Waals surface area contributed by atoms with Crippen molar-refractivity contribution in [3.05, 3.63) is 181 Å². The van der Waals surface area contributed by atoms with Crippen molar-refractivity contribution in [3.8, 4) is 55.6 Å². The molecule has 0 atom stereocenters. The Bertz CT molecular complexity index is 2690. The Morgan fingerprint density at radius 3 is 1.59 bits per heavy atom. The molecule has 0 saturated heterocycles. The molecule has 0 saturated carbocycles. The number of hydrogen-bond donors (Lipinski definition) is 0. The molecule has 0 radical (unpaired) electrons. The first-order valence-electron chi connectivity index (χ1n) is 17.3. The molecule has 9 aromatic carbocycles. The maximum Gasteiger partial charge on any atom is 0.0159 e. The molecule has 0 nitrogen and oxygen atoms in total. The van der Waals surface area contributed by atoms with E-state index in [4.69, 9.17) is 0 Å². The van der Waals surface area contributed by atoms with Crippen LogP contribution in [0.1, 0.15) is 25.0 Å². The minimum absolute atomic E-state index is 0.0389. The fourth-order valence-electron chi connectivity index (χ4n) is 8.47. The van der Waals surface area contributed by atoms with E-state index in [-0.39, 0.29) is 5.41 Å². The van der Waals surface area contributed by atoms with Gasteiger partial charge in [0.05, 0.1) is 0 Å². The lowest BCUT2D eigenvalue weighted by Crippen LogP contribution is -2.14. The van der Waals surface area contributed by atoms with Gasteiger partial charge < -0.3 is 0 Å². The van der Waals surface area contributed by atoms with Crippen LogP contribution >= 0.6 is 0 Å². The van der Waals surface area contributed by atoms with Gasteiger partial charge in [-0.05, 0) is 123 Å². The van der Waals surface area contributed by atoms with Gasteiger partial charge in [0.25, 0.3) is 0 Å². The van der Waals surface area contributed by atoms with Gasteiger partial charge in [0.2, 0.25) is 0 Å². The molecule has 49 heavy (non-hydrogen) atoms. The zero-order valence-corrected chi connectivity index (χ0v) is 27.7. The van der Waals surface area contributed by atoms with Crippen molar-refractivity contribution in [3.63, 3.8) is 0 Å². The van der Waals surface area contributed by atoms with Gasteiger partial charge in [-0.2, -0.15) is 0 Å². The largest absolute Gasteiger partial charge is 0.0622 e. The molecule has 230 valence electrons. The maximum absolute atomic E-state index is 2.43. The normalized spacial score (nSPS) is 13.3. The van der Waals surface area contributed by atoms with Crippen LogP contribution in [0.15, 0.2) is 170 Å². The Labute approximate surface area is 287 Å². The van der Waals surface area contributed by atoms with Crippen LogP contribution in [0.4, 0.5) is 0 Å². The summed E-state index contributed by atoms with van der Waals surface area (Å²) >= 11 is 0. The van der Waals surface area contributed by atoms with E-state index in [0.29, 0.717) is 0 Å². The molecular weight excluding hydrogens is 589 g/mol. The first kappa shape index (κ1) is 28.1. The Hall–Kier alpha value is -5.98. The smallest absolute Gasteiger partial charge is 0.0159 e. The molecule has 0 heteroatoms. The predicted octanol–water partition coefficient (Wildman–Crippen LogP) is 13.6. The molecule has 1 aliphatic carbocycles. The van der Waals surface area contributed by atoms with Crippen molar-refractivity contribution in [2.24, 2.45) is 0 Å². The van der Waals surface area contributed by atoms with Gasteiger partial charge in [0.1, 0.15) is 0 Å². The van der Waals surface area contributed by atoms with Crippen LogP contribution in [-0.4, -0.2) is 0 Å². The lowest BCUT2D eigenvalue weighted by molar-refractivity contribution is 0.660. The molecule has 0 aliphatic heterocycles. The second kappa shape index (κ2) is 10.5. The average molecular weight is 623 g/mol. The fraction of sp³-hybridized carbons (Fsp3) is 0.0612. The summed E-state index contributed by atoms with van der Waals surface area (Å²) in [6, 6.07) is 63.2. The maximum atomic E-state index is 2.43. The third-order valence-electron chi connectivity index (χ3n) is 11.0. The quantitative estimate of drug-likeness (QED) is 0.171. The number of fused-ring (bicyclic) bond motifs is 3. The number of benzene rings is 9. The lowest BCUT2D eigenvalue weighted by Gasteiger charge is -2.22. The highest BCUT2D eigenvalue weighted by Crippen LogP contribution is 2.50. The highest BCUT2D eigenvalue weighted by atomic mass is 14.4. The van der Waals surface area contributed by atoms with Crippen LogP contribution in [-0.2, 0) is 5.41 Å². The summed E-state index contributed by atoms with van der Waals surface area (Å²) in [5, 5.41) is 7.92. The van der Waals surface area contributed by atoms with E-state index >= 15 is 0 Å². The first-order chi connectivity index (χ1) is 24.0. The Balaban J connectivity index is 1.09. The number of hydrogen-bond acceptors (Lipinski definition) is 0. The third kappa shape index (κ3) is 4.31. The van der Waals surface area contributed by atoms with Crippen LogP contribution in [0.5, 0.6) is 0 Å². The molecule has 0 spiro atoms. The molecule has 1 aliphatic rings. The predicted molar refractivity (Wildman–Crippen MR) is 209 cm³/mol. The summed E-state index contributed by atoms with van der Waals surface area (Å²) < 4.78 is 0. The second-order valence-electron chi connectivity index (χ2n) is 14.1. The Morgan fingerprint density at radius 1 is 0.306 bits per heavy atom. The number of rotatable bonds is 4. The zero-order chi connectivity index (χ0) is 32.7. The summed E-state index contributed by atoms with van der Waals surface area (Å²) in [6.07, 6.45) is 0. The topological polar surface area (TPSA) is 0 Å². The Morgan fingerprint density at radius 2 is 0.837 bits per heavy atom. The summed E-state index contributed by atoms with van der Waals surface area (Å²) in [6.45, 7) is 4.71. The minimum atomic E-state index is -0.0389. The van der Waals surface area contributed by atoms with Crippen LogP contribution in [0.3, 0.4) is 0 Å². The van der Waals surface area contributed by atoms with Crippen LogP contribution in [0.2, 0.25) is 0 Å². The van der Waals surface area contributed by atoms with Gasteiger partial charge in [0, 0.05) is 5.41 Å². The van der Waals surface area contributed by atoms with Crippen molar-refractivity contribution in [2.45, 2.75) is 19.3 Å². The van der Waals surface area contributed by atoms with E-state index in [2.05, 4.69) is 184 Å². The fourth-order valence-corrected chi connectivity index (χ4v) is 8.47. The van der Waals surface area contributed by atoms with E-state index in [1.165, 1.54) is 99.1 Å². The van der Waals surface area contributed by atoms with Crippen LogP contribution in [0, 0.1) is 0 Å². The van der Waals surface area contributed by atoms with E-state index in [0.717, 1.165) is 0 Å². The summed E-state index contributed by atoms with van der Waals surface area (Å²) in [5.74, 6) is 0. The monoisotopic (exact) mass is 622 g/mol. The van der Waals surface area contributed by atoms with E-state index in [1.807, 2.05) is 0 Å². The lowest BCUT2D eigenvalue weighted by atomic mass is 9.81. The zero-order valence-electron chi connectivity index (χ0n) is 27.7. The van der Waals surface area contributed by atoms with Gasteiger partial charge in [-0.15, -0.1) is 0 Å². The van der Waals surface area contributed by atoms with Gasteiger partial charge in [-0.1, -0.05) is 159 Å². The molecule has 0 bridgehead atoms. The van der Waals surface area contributed by atoms with Gasteiger partial charge >= 0.3 is 0 Å². The van der Waals surface area contributed by atoms with Crippen LogP contribution < -0.4 is 0 Å². The van der Waals surface area contributed by atoms with Crippen LogP contribution in [0.25, 0.3) is 88.0 Å².